The van der Waals surface area contributed by atoms with Crippen LogP contribution in [0.3, 0.4) is 0 Å². The molecule has 0 radical (unpaired) electrons. The predicted octanol–water partition coefficient (Wildman–Crippen LogP) is 3.01. The number of carbonyl (C=O) groups excluding carboxylic acids is 2. The van der Waals surface area contributed by atoms with Crippen LogP contribution in [0, 0.1) is 0 Å². The first-order valence-corrected chi connectivity index (χ1v) is 7.02. The highest BCUT2D eigenvalue weighted by atomic mass is 35.5. The number of halogens is 1. The van der Waals surface area contributed by atoms with Crippen molar-refractivity contribution in [1.29, 1.82) is 0 Å². The Kier molecular flexibility index (Phi) is 6.87. The molecule has 0 aromatic heterocycles. The summed E-state index contributed by atoms with van der Waals surface area (Å²) in [5, 5.41) is 8.30. The van der Waals surface area contributed by atoms with Crippen LogP contribution in [0.1, 0.15) is 36.5 Å². The topological polar surface area (TPSA) is 70.2 Å². The molecule has 1 aromatic carbocycles. The van der Waals surface area contributed by atoms with E-state index in [1.54, 1.807) is 25.2 Å². The number of nitrogens with one attached hydrogen (secondary N) is 3. The molecule has 0 unspecified atom stereocenters. The fourth-order valence-corrected chi connectivity index (χ4v) is 1.81. The largest absolute Gasteiger partial charge is 0.355 e. The lowest BCUT2D eigenvalue weighted by Crippen LogP contribution is -2.29. The lowest BCUT2D eigenvalue weighted by molar-refractivity contribution is 0.0963. The van der Waals surface area contributed by atoms with Crippen molar-refractivity contribution in [2.24, 2.45) is 0 Å². The molecule has 0 aliphatic carbocycles. The first-order chi connectivity index (χ1) is 9.58. The van der Waals surface area contributed by atoms with Crippen LogP contribution < -0.4 is 16.0 Å². The molecule has 0 aliphatic heterocycles. The van der Waals surface area contributed by atoms with E-state index >= 15 is 0 Å². The van der Waals surface area contributed by atoms with Crippen molar-refractivity contribution in [1.82, 2.24) is 10.6 Å². The number of hydrogen-bond donors (Lipinski definition) is 3. The lowest BCUT2D eigenvalue weighted by atomic mass is 10.2. The average Bonchev–Trinajstić information content (AvgIpc) is 2.45. The molecule has 0 spiro atoms. The van der Waals surface area contributed by atoms with Crippen LogP contribution in [0.5, 0.6) is 0 Å². The lowest BCUT2D eigenvalue weighted by Gasteiger charge is -2.10. The zero-order valence-corrected chi connectivity index (χ0v) is 12.5. The molecule has 0 aliphatic rings. The monoisotopic (exact) mass is 297 g/mol. The van der Waals surface area contributed by atoms with Crippen molar-refractivity contribution >= 4 is 29.2 Å². The summed E-state index contributed by atoms with van der Waals surface area (Å²) < 4.78 is 0. The number of amides is 3. The smallest absolute Gasteiger partial charge is 0.319 e. The maximum atomic E-state index is 11.7. The van der Waals surface area contributed by atoms with E-state index in [1.165, 1.54) is 0 Å². The highest BCUT2D eigenvalue weighted by molar-refractivity contribution is 6.33. The standard InChI is InChI=1S/C14H20ClN3O2/c1-3-4-5-8-17-14(20)18-12-9-10(13(19)16-2)6-7-11(12)15/h6-7,9H,3-5,8H2,1-2H3,(H,16,19)(H2,17,18,20). The van der Waals surface area contributed by atoms with Crippen molar-refractivity contribution in [3.8, 4) is 0 Å². The number of carbonyl (C=O) groups is 2. The summed E-state index contributed by atoms with van der Waals surface area (Å²) in [6.45, 7) is 2.72. The minimum Gasteiger partial charge on any atom is -0.355 e. The van der Waals surface area contributed by atoms with Crippen LogP contribution in [-0.4, -0.2) is 25.5 Å². The molecule has 0 bridgehead atoms. The van der Waals surface area contributed by atoms with Gasteiger partial charge in [-0.25, -0.2) is 4.79 Å². The number of urea groups is 1. The molecule has 1 aromatic rings. The Morgan fingerprint density at radius 3 is 2.65 bits per heavy atom. The molecule has 0 atom stereocenters. The molecule has 0 fully saturated rings. The molecular formula is C14H20ClN3O2. The Morgan fingerprint density at radius 1 is 1.25 bits per heavy atom. The van der Waals surface area contributed by atoms with Gasteiger partial charge in [-0.3, -0.25) is 4.79 Å². The van der Waals surface area contributed by atoms with Gasteiger partial charge in [0.15, 0.2) is 0 Å². The van der Waals surface area contributed by atoms with Crippen LogP contribution in [0.15, 0.2) is 18.2 Å². The SMILES string of the molecule is CCCCCNC(=O)Nc1cc(C(=O)NC)ccc1Cl. The Hall–Kier alpha value is -1.75. The number of anilines is 1. The van der Waals surface area contributed by atoms with Crippen molar-refractivity contribution in [2.75, 3.05) is 18.9 Å². The molecule has 0 saturated carbocycles. The maximum absolute atomic E-state index is 11.7. The highest BCUT2D eigenvalue weighted by Gasteiger charge is 2.09. The van der Waals surface area contributed by atoms with Gasteiger partial charge < -0.3 is 16.0 Å². The summed E-state index contributed by atoms with van der Waals surface area (Å²) in [6, 6.07) is 4.41. The Morgan fingerprint density at radius 2 is 2.00 bits per heavy atom. The summed E-state index contributed by atoms with van der Waals surface area (Å²) in [7, 11) is 1.55. The molecule has 3 amide bonds. The van der Waals surface area contributed by atoms with E-state index in [0.717, 1.165) is 19.3 Å². The minimum atomic E-state index is -0.322. The minimum absolute atomic E-state index is 0.229. The fourth-order valence-electron chi connectivity index (χ4n) is 1.65. The molecule has 1 rings (SSSR count). The van der Waals surface area contributed by atoms with Crippen molar-refractivity contribution in [2.45, 2.75) is 26.2 Å². The van der Waals surface area contributed by atoms with E-state index in [0.29, 0.717) is 22.8 Å². The van der Waals surface area contributed by atoms with Gasteiger partial charge in [0, 0.05) is 19.2 Å². The number of benzene rings is 1. The van der Waals surface area contributed by atoms with Gasteiger partial charge in [0.2, 0.25) is 0 Å². The van der Waals surface area contributed by atoms with Crippen LogP contribution in [-0.2, 0) is 0 Å². The number of hydrogen-bond acceptors (Lipinski definition) is 2. The average molecular weight is 298 g/mol. The third-order valence-corrected chi connectivity index (χ3v) is 3.10. The van der Waals surface area contributed by atoms with Gasteiger partial charge in [0.1, 0.15) is 0 Å². The Labute approximate surface area is 124 Å². The maximum Gasteiger partial charge on any atom is 0.319 e. The van der Waals surface area contributed by atoms with Gasteiger partial charge in [0.05, 0.1) is 10.7 Å². The van der Waals surface area contributed by atoms with Gasteiger partial charge in [-0.05, 0) is 24.6 Å². The molecule has 0 saturated heterocycles. The zero-order chi connectivity index (χ0) is 15.0. The molecule has 6 heteroatoms. The van der Waals surface area contributed by atoms with E-state index in [4.69, 9.17) is 11.6 Å². The summed E-state index contributed by atoms with van der Waals surface area (Å²) in [5.74, 6) is -0.229. The molecular weight excluding hydrogens is 278 g/mol. The van der Waals surface area contributed by atoms with Crippen molar-refractivity contribution < 1.29 is 9.59 Å². The van der Waals surface area contributed by atoms with E-state index in [2.05, 4.69) is 22.9 Å². The first-order valence-electron chi connectivity index (χ1n) is 6.65. The van der Waals surface area contributed by atoms with Gasteiger partial charge in [0.25, 0.3) is 5.91 Å². The second-order valence-electron chi connectivity index (χ2n) is 4.36. The Balaban J connectivity index is 2.62. The highest BCUT2D eigenvalue weighted by Crippen LogP contribution is 2.22. The number of unbranched alkanes of at least 4 members (excludes halogenated alkanes) is 2. The van der Waals surface area contributed by atoms with Gasteiger partial charge in [-0.15, -0.1) is 0 Å². The van der Waals surface area contributed by atoms with Crippen LogP contribution in [0.4, 0.5) is 10.5 Å². The number of rotatable bonds is 6. The quantitative estimate of drug-likeness (QED) is 0.706. The summed E-state index contributed by atoms with van der Waals surface area (Å²) >= 11 is 6.00. The first kappa shape index (κ1) is 16.3. The van der Waals surface area contributed by atoms with Crippen molar-refractivity contribution in [3.05, 3.63) is 28.8 Å². The molecule has 0 heterocycles. The second kappa shape index (κ2) is 8.43. The van der Waals surface area contributed by atoms with Crippen LogP contribution >= 0.6 is 11.6 Å². The zero-order valence-electron chi connectivity index (χ0n) is 11.8. The van der Waals surface area contributed by atoms with Gasteiger partial charge in [-0.1, -0.05) is 31.4 Å². The molecule has 20 heavy (non-hydrogen) atoms. The summed E-state index contributed by atoms with van der Waals surface area (Å²) in [4.78, 5) is 23.2. The van der Waals surface area contributed by atoms with E-state index in [-0.39, 0.29) is 11.9 Å². The van der Waals surface area contributed by atoms with Crippen LogP contribution in [0.25, 0.3) is 0 Å². The third-order valence-electron chi connectivity index (χ3n) is 2.77. The van der Waals surface area contributed by atoms with Crippen molar-refractivity contribution in [3.63, 3.8) is 0 Å². The predicted molar refractivity (Wildman–Crippen MR) is 81.4 cm³/mol. The molecule has 110 valence electrons. The fraction of sp³-hybridized carbons (Fsp3) is 0.429. The normalized spacial score (nSPS) is 9.95. The summed E-state index contributed by atoms with van der Waals surface area (Å²) in [5.41, 5.74) is 0.860. The molecule has 5 nitrogen and oxygen atoms in total. The van der Waals surface area contributed by atoms with E-state index in [1.807, 2.05) is 0 Å². The van der Waals surface area contributed by atoms with Gasteiger partial charge in [-0.2, -0.15) is 0 Å². The van der Waals surface area contributed by atoms with E-state index in [9.17, 15) is 9.59 Å². The second-order valence-corrected chi connectivity index (χ2v) is 4.77. The Bertz CT molecular complexity index is 477. The van der Waals surface area contributed by atoms with E-state index < -0.39 is 0 Å². The van der Waals surface area contributed by atoms with Gasteiger partial charge >= 0.3 is 6.03 Å². The van der Waals surface area contributed by atoms with Crippen LogP contribution in [0.2, 0.25) is 5.02 Å². The summed E-state index contributed by atoms with van der Waals surface area (Å²) in [6.07, 6.45) is 3.12. The molecule has 3 N–H and O–H groups in total. The third kappa shape index (κ3) is 5.09.